The molecule has 0 aromatic heterocycles. The third-order valence-corrected chi connectivity index (χ3v) is 12.2. The third-order valence-electron chi connectivity index (χ3n) is 12.2. The van der Waals surface area contributed by atoms with E-state index in [1.807, 2.05) is 0 Å². The molecule has 1 atom stereocenters. The third kappa shape index (κ3) is 56.7. The summed E-state index contributed by atoms with van der Waals surface area (Å²) in [5.74, 6) is -0.956. The van der Waals surface area contributed by atoms with E-state index in [9.17, 15) is 14.4 Å². The summed E-state index contributed by atoms with van der Waals surface area (Å²) in [6.45, 7) is 6.34. The summed E-state index contributed by atoms with van der Waals surface area (Å²) in [4.78, 5) is 38.1. The lowest BCUT2D eigenvalue weighted by Crippen LogP contribution is -2.30. The van der Waals surface area contributed by atoms with E-state index in [2.05, 4.69) is 142 Å². The normalized spacial score (nSPS) is 13.0. The smallest absolute Gasteiger partial charge is 0.306 e. The molecule has 0 fully saturated rings. The van der Waals surface area contributed by atoms with E-state index in [-0.39, 0.29) is 37.5 Å². The van der Waals surface area contributed by atoms with Crippen LogP contribution in [0.2, 0.25) is 0 Å². The van der Waals surface area contributed by atoms with Crippen molar-refractivity contribution in [3.63, 3.8) is 0 Å². The zero-order valence-electron chi connectivity index (χ0n) is 46.7. The van der Waals surface area contributed by atoms with Gasteiger partial charge in [0, 0.05) is 19.3 Å². The molecule has 0 amide bonds. The van der Waals surface area contributed by atoms with Gasteiger partial charge >= 0.3 is 17.9 Å². The molecule has 0 heterocycles. The van der Waals surface area contributed by atoms with Crippen LogP contribution in [0.1, 0.15) is 258 Å². The maximum absolute atomic E-state index is 12.8. The Morgan fingerprint density at radius 1 is 0.292 bits per heavy atom. The highest BCUT2D eigenvalue weighted by molar-refractivity contribution is 5.71. The molecule has 0 saturated carbocycles. The van der Waals surface area contributed by atoms with Gasteiger partial charge < -0.3 is 14.2 Å². The van der Waals surface area contributed by atoms with E-state index < -0.39 is 6.10 Å². The molecule has 1 unspecified atom stereocenters. The molecule has 0 N–H and O–H groups in total. The monoisotopic (exact) mass is 997 g/mol. The highest BCUT2D eigenvalue weighted by Gasteiger charge is 2.19. The standard InChI is InChI=1S/C66H108O6/c1-4-7-10-13-16-19-22-25-27-28-29-30-31-32-33-34-35-36-37-38-40-41-44-47-50-53-56-59-65(68)71-62-63(61-70-64(67)58-55-52-49-46-43-24-21-18-15-12-9-6-3)72-66(69)60-57-54-51-48-45-42-39-26-23-20-17-14-11-8-5-2/h7-8,10-11,16-21,25-27,29-30,32-33,39,45,48,63H,4-6,9,12-15,22-24,28,31,34-38,40-44,46-47,49-62H2,1-3H3/b10-7-,11-8-,19-16-,20-17-,21-18-,27-25-,30-29-,33-32-,39-26-,48-45-. The predicted octanol–water partition coefficient (Wildman–Crippen LogP) is 20.0. The van der Waals surface area contributed by atoms with Crippen molar-refractivity contribution in [1.29, 1.82) is 0 Å². The van der Waals surface area contributed by atoms with E-state index >= 15 is 0 Å². The van der Waals surface area contributed by atoms with Gasteiger partial charge in [-0.2, -0.15) is 0 Å². The van der Waals surface area contributed by atoms with E-state index in [1.54, 1.807) is 0 Å². The second kappa shape index (κ2) is 59.4. The number of carbonyl (C=O) groups excluding carboxylic acids is 3. The van der Waals surface area contributed by atoms with E-state index in [1.165, 1.54) is 89.9 Å². The first-order valence-electron chi connectivity index (χ1n) is 29.5. The first kappa shape index (κ1) is 67.8. The van der Waals surface area contributed by atoms with Crippen LogP contribution in [0.4, 0.5) is 0 Å². The van der Waals surface area contributed by atoms with E-state index in [0.717, 1.165) is 122 Å². The lowest BCUT2D eigenvalue weighted by molar-refractivity contribution is -0.167. The van der Waals surface area contributed by atoms with Gasteiger partial charge in [0.1, 0.15) is 13.2 Å². The van der Waals surface area contributed by atoms with Crippen LogP contribution >= 0.6 is 0 Å². The van der Waals surface area contributed by atoms with Crippen molar-refractivity contribution in [3.8, 4) is 0 Å². The van der Waals surface area contributed by atoms with Crippen LogP contribution in [0.3, 0.4) is 0 Å². The number of allylic oxidation sites excluding steroid dienone is 20. The molecule has 0 rings (SSSR count). The summed E-state index contributed by atoms with van der Waals surface area (Å²) in [5, 5.41) is 0. The number of hydrogen-bond donors (Lipinski definition) is 0. The van der Waals surface area contributed by atoms with Gasteiger partial charge in [-0.3, -0.25) is 14.4 Å². The maximum Gasteiger partial charge on any atom is 0.306 e. The van der Waals surface area contributed by atoms with Crippen molar-refractivity contribution in [2.75, 3.05) is 13.2 Å². The highest BCUT2D eigenvalue weighted by atomic mass is 16.6. The second-order valence-electron chi connectivity index (χ2n) is 19.1. The van der Waals surface area contributed by atoms with Gasteiger partial charge in [0.25, 0.3) is 0 Å². The Morgan fingerprint density at radius 3 is 0.889 bits per heavy atom. The minimum atomic E-state index is -0.807. The molecule has 0 aliphatic rings. The molecule has 0 bridgehead atoms. The van der Waals surface area contributed by atoms with Gasteiger partial charge in [0.15, 0.2) is 6.10 Å². The molecule has 72 heavy (non-hydrogen) atoms. The zero-order valence-corrected chi connectivity index (χ0v) is 46.7. The molecule has 0 aromatic rings. The van der Waals surface area contributed by atoms with Crippen LogP contribution in [-0.2, 0) is 28.6 Å². The molecule has 6 heteroatoms. The van der Waals surface area contributed by atoms with Gasteiger partial charge in [-0.25, -0.2) is 0 Å². The quantitative estimate of drug-likeness (QED) is 0.0261. The fourth-order valence-electron chi connectivity index (χ4n) is 7.81. The van der Waals surface area contributed by atoms with Gasteiger partial charge in [-0.15, -0.1) is 0 Å². The van der Waals surface area contributed by atoms with Crippen LogP contribution in [0.5, 0.6) is 0 Å². The molecule has 0 aliphatic heterocycles. The lowest BCUT2D eigenvalue weighted by Gasteiger charge is -2.18. The molecule has 0 saturated heterocycles. The van der Waals surface area contributed by atoms with E-state index in [4.69, 9.17) is 14.2 Å². The molecular formula is C66H108O6. The SMILES string of the molecule is CC/C=C\C/C=C\C/C=C\C/C=C\C/C=C\CCCCCCCCCCCCCC(=O)OCC(COC(=O)CCCCCCC/C=C\CCCCC)OC(=O)CCCC/C=C\C/C=C\C/C=C\C/C=C\CC. The second-order valence-corrected chi connectivity index (χ2v) is 19.1. The summed E-state index contributed by atoms with van der Waals surface area (Å²) in [7, 11) is 0. The minimum absolute atomic E-state index is 0.101. The molecule has 408 valence electrons. The largest absolute Gasteiger partial charge is 0.462 e. The van der Waals surface area contributed by atoms with E-state index in [0.29, 0.717) is 19.3 Å². The summed E-state index contributed by atoms with van der Waals surface area (Å²) >= 11 is 0. The van der Waals surface area contributed by atoms with Crippen LogP contribution < -0.4 is 0 Å². The summed E-state index contributed by atoms with van der Waals surface area (Å²) in [6, 6.07) is 0. The molecule has 0 spiro atoms. The van der Waals surface area contributed by atoms with Gasteiger partial charge in [0.2, 0.25) is 0 Å². The van der Waals surface area contributed by atoms with Crippen LogP contribution in [0.25, 0.3) is 0 Å². The van der Waals surface area contributed by atoms with Crippen molar-refractivity contribution < 1.29 is 28.6 Å². The highest BCUT2D eigenvalue weighted by Crippen LogP contribution is 2.15. The Labute approximate surface area is 443 Å². The Bertz CT molecular complexity index is 1520. The molecule has 0 aliphatic carbocycles. The predicted molar refractivity (Wildman–Crippen MR) is 311 cm³/mol. The summed E-state index contributed by atoms with van der Waals surface area (Å²) in [6.07, 6.45) is 82.0. The Hall–Kier alpha value is -4.19. The van der Waals surface area contributed by atoms with Gasteiger partial charge in [-0.05, 0) is 128 Å². The number of esters is 3. The van der Waals surface area contributed by atoms with Crippen molar-refractivity contribution in [2.24, 2.45) is 0 Å². The van der Waals surface area contributed by atoms with Crippen molar-refractivity contribution >= 4 is 17.9 Å². The molecule has 0 aromatic carbocycles. The lowest BCUT2D eigenvalue weighted by atomic mass is 10.0. The van der Waals surface area contributed by atoms with Crippen molar-refractivity contribution in [3.05, 3.63) is 122 Å². The molecule has 6 nitrogen and oxygen atoms in total. The number of hydrogen-bond acceptors (Lipinski definition) is 6. The number of carbonyl (C=O) groups is 3. The zero-order chi connectivity index (χ0) is 52.2. The van der Waals surface area contributed by atoms with Crippen molar-refractivity contribution in [1.82, 2.24) is 0 Å². The van der Waals surface area contributed by atoms with Gasteiger partial charge in [0.05, 0.1) is 0 Å². The Kier molecular flexibility index (Phi) is 55.9. The fraction of sp³-hybridized carbons (Fsp3) is 0.652. The first-order chi connectivity index (χ1) is 35.5. The molecular weight excluding hydrogens is 889 g/mol. The topological polar surface area (TPSA) is 78.9 Å². The minimum Gasteiger partial charge on any atom is -0.462 e. The summed E-state index contributed by atoms with van der Waals surface area (Å²) < 4.78 is 16.8. The number of rotatable bonds is 52. The Morgan fingerprint density at radius 2 is 0.542 bits per heavy atom. The number of ether oxygens (including phenoxy) is 3. The van der Waals surface area contributed by atoms with Crippen molar-refractivity contribution in [2.45, 2.75) is 264 Å². The van der Waals surface area contributed by atoms with Crippen LogP contribution in [0.15, 0.2) is 122 Å². The fourth-order valence-corrected chi connectivity index (χ4v) is 7.81. The molecule has 0 radical (unpaired) electrons. The maximum atomic E-state index is 12.8. The average Bonchev–Trinajstić information content (AvgIpc) is 3.38. The Balaban J connectivity index is 4.32. The number of unbranched alkanes of at least 4 members (excludes halogenated alkanes) is 21. The summed E-state index contributed by atoms with van der Waals surface area (Å²) in [5.41, 5.74) is 0. The average molecular weight is 998 g/mol. The van der Waals surface area contributed by atoms with Crippen LogP contribution in [0, 0.1) is 0 Å². The van der Waals surface area contributed by atoms with Crippen LogP contribution in [-0.4, -0.2) is 37.2 Å². The van der Waals surface area contributed by atoms with Gasteiger partial charge in [-0.1, -0.05) is 232 Å². The first-order valence-corrected chi connectivity index (χ1v) is 29.5.